The number of hydrogen-bond acceptors (Lipinski definition) is 5. The molecule has 1 N–H and O–H groups in total. The Balaban J connectivity index is 1.31. The van der Waals surface area contributed by atoms with Gasteiger partial charge in [0.05, 0.1) is 25.3 Å². The van der Waals surface area contributed by atoms with E-state index in [1.165, 1.54) is 25.2 Å². The summed E-state index contributed by atoms with van der Waals surface area (Å²) in [5, 5.41) is 4.13. The smallest absolute Gasteiger partial charge is 0.428 e. The largest absolute Gasteiger partial charge is 0.490 e. The fourth-order valence-electron chi connectivity index (χ4n) is 4.85. The van der Waals surface area contributed by atoms with E-state index in [1.807, 2.05) is 19.1 Å². The van der Waals surface area contributed by atoms with Crippen molar-refractivity contribution in [3.8, 4) is 11.5 Å². The predicted molar refractivity (Wildman–Crippen MR) is 150 cm³/mol. The zero-order valence-corrected chi connectivity index (χ0v) is 23.8. The number of fused-ring (bicyclic) bond motifs is 1. The van der Waals surface area contributed by atoms with E-state index in [0.717, 1.165) is 34.3 Å². The van der Waals surface area contributed by atoms with Crippen LogP contribution in [0.15, 0.2) is 60.7 Å². The number of carbonyl (C=O) groups is 1. The van der Waals surface area contributed by atoms with Crippen molar-refractivity contribution in [2.24, 2.45) is 0 Å². The average molecular weight is 607 g/mol. The van der Waals surface area contributed by atoms with Crippen LogP contribution in [0.1, 0.15) is 34.2 Å². The number of ether oxygens (including phenoxy) is 2. The molecule has 3 aromatic carbocycles. The topological polar surface area (TPSA) is 60.0 Å². The molecule has 0 bridgehead atoms. The molecule has 1 atom stereocenters. The van der Waals surface area contributed by atoms with E-state index < -0.39 is 11.8 Å². The second-order valence-electron chi connectivity index (χ2n) is 9.94. The highest BCUT2D eigenvalue weighted by molar-refractivity contribution is 6.34. The lowest BCUT2D eigenvalue weighted by molar-refractivity contribution is -0.308. The number of nitrogens with zero attached hydrogens (tertiary/aromatic N) is 1. The first-order chi connectivity index (χ1) is 19.4. The molecule has 0 aliphatic carbocycles. The van der Waals surface area contributed by atoms with E-state index in [0.29, 0.717) is 30.3 Å². The Labute approximate surface area is 245 Å². The molecule has 6 nitrogen and oxygen atoms in total. The van der Waals surface area contributed by atoms with E-state index >= 15 is 0 Å². The van der Waals surface area contributed by atoms with E-state index in [1.54, 1.807) is 24.3 Å². The molecule has 216 valence electrons. The van der Waals surface area contributed by atoms with Crippen LogP contribution >= 0.6 is 23.2 Å². The molecule has 0 aromatic heterocycles. The molecule has 0 radical (unpaired) electrons. The second-order valence-corrected chi connectivity index (χ2v) is 10.8. The first-order valence-electron chi connectivity index (χ1n) is 12.9. The van der Waals surface area contributed by atoms with Gasteiger partial charge in [-0.25, -0.2) is 4.84 Å². The SMILES string of the molecule is Cc1cc(C2=CC(c3cc(Cl)cc(Cl)c3)(C(F)(F)F)ON2C)ccc1CNC(=O)Cc1ccc2c(c1)OCCCO2. The van der Waals surface area contributed by atoms with Gasteiger partial charge in [0.25, 0.3) is 0 Å². The molecular formula is C30H27Cl2F3N2O4. The monoisotopic (exact) mass is 606 g/mol. The molecule has 0 spiro atoms. The fourth-order valence-corrected chi connectivity index (χ4v) is 5.38. The first-order valence-corrected chi connectivity index (χ1v) is 13.6. The molecule has 3 aromatic rings. The van der Waals surface area contributed by atoms with Crippen LogP contribution in [0.2, 0.25) is 10.0 Å². The summed E-state index contributed by atoms with van der Waals surface area (Å²) in [6.07, 6.45) is -2.81. The van der Waals surface area contributed by atoms with Gasteiger partial charge in [-0.3, -0.25) is 9.86 Å². The molecule has 0 saturated heterocycles. The normalized spacial score (nSPS) is 18.6. The molecule has 0 fully saturated rings. The number of benzene rings is 3. The predicted octanol–water partition coefficient (Wildman–Crippen LogP) is 7.00. The summed E-state index contributed by atoms with van der Waals surface area (Å²) in [6, 6.07) is 14.4. The molecule has 5 rings (SSSR count). The summed E-state index contributed by atoms with van der Waals surface area (Å²) in [6.45, 7) is 3.24. The van der Waals surface area contributed by atoms with Crippen LogP contribution in [0.3, 0.4) is 0 Å². The van der Waals surface area contributed by atoms with E-state index in [2.05, 4.69) is 5.32 Å². The Morgan fingerprint density at radius 3 is 2.39 bits per heavy atom. The van der Waals surface area contributed by atoms with Crippen LogP contribution in [-0.4, -0.2) is 37.4 Å². The highest BCUT2D eigenvalue weighted by Gasteiger charge is 2.60. The number of nitrogens with one attached hydrogen (secondary N) is 1. The third-order valence-electron chi connectivity index (χ3n) is 6.96. The summed E-state index contributed by atoms with van der Waals surface area (Å²) in [7, 11) is 1.41. The third-order valence-corrected chi connectivity index (χ3v) is 7.40. The lowest BCUT2D eigenvalue weighted by Crippen LogP contribution is -2.42. The maximum Gasteiger partial charge on any atom is 0.428 e. The van der Waals surface area contributed by atoms with Gasteiger partial charge in [-0.2, -0.15) is 13.2 Å². The van der Waals surface area contributed by atoms with Crippen LogP contribution in [0.25, 0.3) is 5.70 Å². The Kier molecular flexibility index (Phi) is 8.14. The van der Waals surface area contributed by atoms with Gasteiger partial charge in [0.2, 0.25) is 11.5 Å². The Bertz CT molecular complexity index is 1490. The van der Waals surface area contributed by atoms with Gasteiger partial charge < -0.3 is 14.8 Å². The maximum absolute atomic E-state index is 14.5. The molecule has 2 heterocycles. The fraction of sp³-hybridized carbons (Fsp3) is 0.300. The summed E-state index contributed by atoms with van der Waals surface area (Å²) >= 11 is 12.0. The van der Waals surface area contributed by atoms with Crippen LogP contribution in [0.5, 0.6) is 11.5 Å². The number of carbonyl (C=O) groups excluding carboxylic acids is 1. The van der Waals surface area contributed by atoms with Crippen molar-refractivity contribution in [1.82, 2.24) is 10.4 Å². The van der Waals surface area contributed by atoms with E-state index in [4.69, 9.17) is 37.5 Å². The molecule has 11 heteroatoms. The molecule has 2 aliphatic rings. The summed E-state index contributed by atoms with van der Waals surface area (Å²) in [5.74, 6) is 1.12. The zero-order valence-electron chi connectivity index (χ0n) is 22.3. The number of hydroxylamine groups is 2. The van der Waals surface area contributed by atoms with Crippen molar-refractivity contribution < 1.29 is 32.3 Å². The van der Waals surface area contributed by atoms with Gasteiger partial charge in [-0.1, -0.05) is 41.4 Å². The van der Waals surface area contributed by atoms with Gasteiger partial charge in [-0.15, -0.1) is 0 Å². The lowest BCUT2D eigenvalue weighted by Gasteiger charge is -2.31. The Hall–Kier alpha value is -3.40. The molecule has 1 unspecified atom stereocenters. The Morgan fingerprint density at radius 1 is 1.00 bits per heavy atom. The van der Waals surface area contributed by atoms with Gasteiger partial charge in [-0.05, 0) is 66.1 Å². The Morgan fingerprint density at radius 2 is 1.71 bits per heavy atom. The second kappa shape index (κ2) is 11.5. The highest BCUT2D eigenvalue weighted by atomic mass is 35.5. The number of amides is 1. The first kappa shape index (κ1) is 29.1. The minimum Gasteiger partial charge on any atom is -0.490 e. The lowest BCUT2D eigenvalue weighted by atomic mass is 9.91. The minimum atomic E-state index is -4.80. The van der Waals surface area contributed by atoms with Crippen molar-refractivity contribution >= 4 is 34.8 Å². The van der Waals surface area contributed by atoms with Gasteiger partial charge >= 0.3 is 6.18 Å². The quantitative estimate of drug-likeness (QED) is 0.327. The van der Waals surface area contributed by atoms with Crippen molar-refractivity contribution in [3.63, 3.8) is 0 Å². The molecule has 0 saturated carbocycles. The van der Waals surface area contributed by atoms with Crippen LogP contribution in [-0.2, 0) is 28.2 Å². The number of alkyl halides is 3. The van der Waals surface area contributed by atoms with Crippen LogP contribution in [0.4, 0.5) is 13.2 Å². The zero-order chi connectivity index (χ0) is 29.4. The van der Waals surface area contributed by atoms with Crippen molar-refractivity contribution in [1.29, 1.82) is 0 Å². The van der Waals surface area contributed by atoms with Crippen molar-refractivity contribution in [3.05, 3.63) is 98.5 Å². The van der Waals surface area contributed by atoms with E-state index in [-0.39, 0.29) is 40.2 Å². The molecular weight excluding hydrogens is 580 g/mol. The number of hydrogen-bond donors (Lipinski definition) is 1. The van der Waals surface area contributed by atoms with Crippen molar-refractivity contribution in [2.75, 3.05) is 20.3 Å². The van der Waals surface area contributed by atoms with Crippen LogP contribution in [0, 0.1) is 6.92 Å². The van der Waals surface area contributed by atoms with Crippen molar-refractivity contribution in [2.45, 2.75) is 38.1 Å². The van der Waals surface area contributed by atoms with Gasteiger partial charge in [0, 0.05) is 41.2 Å². The van der Waals surface area contributed by atoms with Gasteiger partial charge in [0.1, 0.15) is 0 Å². The summed E-state index contributed by atoms with van der Waals surface area (Å²) < 4.78 is 54.7. The summed E-state index contributed by atoms with van der Waals surface area (Å²) in [5.41, 5.74) is 0.171. The molecule has 1 amide bonds. The number of halogens is 5. The number of aryl methyl sites for hydroxylation is 1. The standard InChI is InChI=1S/C30H27Cl2F3N2O4/c1-18-10-20(25-16-29(30(33,34)35,41-37(25)2)22-13-23(31)15-24(32)14-22)5-6-21(18)17-36-28(38)12-19-4-7-26-27(11-19)40-9-3-8-39-26/h4-7,10-11,13-16H,3,8-9,12,17H2,1-2H3,(H,36,38). The maximum atomic E-state index is 14.5. The third kappa shape index (κ3) is 6.12. The number of rotatable bonds is 6. The van der Waals surface area contributed by atoms with Crippen LogP contribution < -0.4 is 14.8 Å². The van der Waals surface area contributed by atoms with Gasteiger partial charge in [0.15, 0.2) is 11.5 Å². The highest BCUT2D eigenvalue weighted by Crippen LogP contribution is 2.51. The summed E-state index contributed by atoms with van der Waals surface area (Å²) in [4.78, 5) is 18.1. The minimum absolute atomic E-state index is 0.0656. The molecule has 2 aliphatic heterocycles. The van der Waals surface area contributed by atoms with E-state index in [9.17, 15) is 18.0 Å². The average Bonchev–Trinajstić information content (AvgIpc) is 3.10. The molecule has 41 heavy (non-hydrogen) atoms.